The van der Waals surface area contributed by atoms with Crippen LogP contribution in [0.15, 0.2) is 18.2 Å². The Labute approximate surface area is 114 Å². The highest BCUT2D eigenvalue weighted by atomic mass is 16.5. The van der Waals surface area contributed by atoms with Gasteiger partial charge in [-0.15, -0.1) is 0 Å². The summed E-state index contributed by atoms with van der Waals surface area (Å²) >= 11 is 0. The Balaban J connectivity index is 1.81. The van der Waals surface area contributed by atoms with Crippen molar-refractivity contribution in [2.45, 2.75) is 26.7 Å². The molecule has 1 N–H and O–H groups in total. The zero-order chi connectivity index (χ0) is 13.7. The third-order valence-corrected chi connectivity index (χ3v) is 2.92. The van der Waals surface area contributed by atoms with Crippen molar-refractivity contribution in [2.75, 3.05) is 25.1 Å². The number of amides is 1. The molecule has 1 aliphatic heterocycles. The molecule has 0 bridgehead atoms. The number of rotatable bonds is 6. The molecule has 19 heavy (non-hydrogen) atoms. The average Bonchev–Trinajstić information content (AvgIpc) is 2.37. The predicted molar refractivity (Wildman–Crippen MR) is 74.5 cm³/mol. The Kier molecular flexibility index (Phi) is 4.80. The Hall–Kier alpha value is -1.55. The molecule has 0 radical (unpaired) electrons. The quantitative estimate of drug-likeness (QED) is 0.803. The highest BCUT2D eigenvalue weighted by Crippen LogP contribution is 2.26. The Morgan fingerprint density at radius 3 is 2.89 bits per heavy atom. The molecule has 0 unspecified atom stereocenters. The fourth-order valence-corrected chi connectivity index (χ4v) is 1.98. The number of fused-ring (bicyclic) bond motifs is 1. The van der Waals surface area contributed by atoms with E-state index in [2.05, 4.69) is 19.2 Å². The van der Waals surface area contributed by atoms with Crippen LogP contribution in [0.5, 0.6) is 5.75 Å². The number of hydrogen-bond donors (Lipinski definition) is 1. The summed E-state index contributed by atoms with van der Waals surface area (Å²) in [6.45, 7) is 6.10. The molecule has 1 aromatic carbocycles. The lowest BCUT2D eigenvalue weighted by Crippen LogP contribution is -2.19. The third-order valence-electron chi connectivity index (χ3n) is 2.92. The van der Waals surface area contributed by atoms with Gasteiger partial charge < -0.3 is 14.8 Å². The van der Waals surface area contributed by atoms with Crippen molar-refractivity contribution in [1.29, 1.82) is 0 Å². The Bertz CT molecular complexity index is 443. The monoisotopic (exact) mass is 263 g/mol. The van der Waals surface area contributed by atoms with Crippen molar-refractivity contribution in [1.82, 2.24) is 0 Å². The molecule has 0 spiro atoms. The van der Waals surface area contributed by atoms with Gasteiger partial charge in [0, 0.05) is 24.8 Å². The second-order valence-corrected chi connectivity index (χ2v) is 5.18. The predicted octanol–water partition coefficient (Wildman–Crippen LogP) is 2.62. The van der Waals surface area contributed by atoms with Gasteiger partial charge in [0.1, 0.15) is 12.4 Å². The van der Waals surface area contributed by atoms with Gasteiger partial charge in [0.25, 0.3) is 0 Å². The smallest absolute Gasteiger partial charge is 0.224 e. The van der Waals surface area contributed by atoms with Crippen LogP contribution in [-0.4, -0.2) is 25.7 Å². The van der Waals surface area contributed by atoms with Crippen molar-refractivity contribution in [3.05, 3.63) is 23.8 Å². The van der Waals surface area contributed by atoms with Gasteiger partial charge in [-0.25, -0.2) is 0 Å². The largest absolute Gasteiger partial charge is 0.491 e. The van der Waals surface area contributed by atoms with E-state index in [0.717, 1.165) is 24.5 Å². The van der Waals surface area contributed by atoms with Gasteiger partial charge >= 0.3 is 0 Å². The van der Waals surface area contributed by atoms with E-state index >= 15 is 0 Å². The number of anilines is 1. The van der Waals surface area contributed by atoms with E-state index in [9.17, 15) is 4.79 Å². The van der Waals surface area contributed by atoms with Crippen LogP contribution in [0.25, 0.3) is 0 Å². The molecule has 2 rings (SSSR count). The third kappa shape index (κ3) is 4.24. The molecule has 0 saturated heterocycles. The molecular weight excluding hydrogens is 242 g/mol. The maximum atomic E-state index is 11.3. The fraction of sp³-hybridized carbons (Fsp3) is 0.533. The molecule has 1 amide bonds. The SMILES string of the molecule is CC(C)COCCOc1ccc2c(c1)NC(=O)CC2. The van der Waals surface area contributed by atoms with Crippen LogP contribution in [0.4, 0.5) is 5.69 Å². The first-order valence-electron chi connectivity index (χ1n) is 6.78. The summed E-state index contributed by atoms with van der Waals surface area (Å²) < 4.78 is 11.1. The summed E-state index contributed by atoms with van der Waals surface area (Å²) in [6, 6.07) is 5.84. The molecule has 1 heterocycles. The molecule has 0 saturated carbocycles. The maximum absolute atomic E-state index is 11.3. The molecular formula is C15H21NO3. The van der Waals surface area contributed by atoms with E-state index in [0.29, 0.717) is 25.6 Å². The number of carbonyl (C=O) groups excluding carboxylic acids is 1. The fourth-order valence-electron chi connectivity index (χ4n) is 1.98. The summed E-state index contributed by atoms with van der Waals surface area (Å²) in [6.07, 6.45) is 1.37. The molecule has 4 heteroatoms. The van der Waals surface area contributed by atoms with Crippen LogP contribution in [0.3, 0.4) is 0 Å². The van der Waals surface area contributed by atoms with E-state index < -0.39 is 0 Å². The Morgan fingerprint density at radius 2 is 2.11 bits per heavy atom. The lowest BCUT2D eigenvalue weighted by Gasteiger charge is -2.17. The summed E-state index contributed by atoms with van der Waals surface area (Å²) in [5.74, 6) is 1.39. The summed E-state index contributed by atoms with van der Waals surface area (Å²) in [5, 5.41) is 2.87. The van der Waals surface area contributed by atoms with Crippen LogP contribution >= 0.6 is 0 Å². The van der Waals surface area contributed by atoms with Crippen LogP contribution in [0.1, 0.15) is 25.8 Å². The molecule has 0 aliphatic carbocycles. The van der Waals surface area contributed by atoms with Crippen molar-refractivity contribution in [3.63, 3.8) is 0 Å². The summed E-state index contributed by atoms with van der Waals surface area (Å²) in [5.41, 5.74) is 2.04. The normalized spacial score (nSPS) is 14.2. The van der Waals surface area contributed by atoms with Gasteiger partial charge in [-0.3, -0.25) is 4.79 Å². The van der Waals surface area contributed by atoms with Crippen molar-refractivity contribution < 1.29 is 14.3 Å². The molecule has 4 nitrogen and oxygen atoms in total. The number of hydrogen-bond acceptors (Lipinski definition) is 3. The van der Waals surface area contributed by atoms with E-state index in [1.807, 2.05) is 18.2 Å². The van der Waals surface area contributed by atoms with Gasteiger partial charge in [0.2, 0.25) is 5.91 Å². The average molecular weight is 263 g/mol. The van der Waals surface area contributed by atoms with E-state index in [-0.39, 0.29) is 5.91 Å². The number of carbonyl (C=O) groups is 1. The second-order valence-electron chi connectivity index (χ2n) is 5.18. The molecule has 0 atom stereocenters. The second kappa shape index (κ2) is 6.57. The molecule has 1 aliphatic rings. The van der Waals surface area contributed by atoms with Gasteiger partial charge in [-0.05, 0) is 24.0 Å². The molecule has 104 valence electrons. The Morgan fingerprint density at radius 1 is 1.26 bits per heavy atom. The first-order valence-corrected chi connectivity index (χ1v) is 6.78. The first kappa shape index (κ1) is 13.9. The van der Waals surface area contributed by atoms with Gasteiger partial charge in [0.05, 0.1) is 6.61 Å². The zero-order valence-electron chi connectivity index (χ0n) is 11.6. The van der Waals surface area contributed by atoms with Crippen LogP contribution in [0, 0.1) is 5.92 Å². The summed E-state index contributed by atoms with van der Waals surface area (Å²) in [4.78, 5) is 11.3. The minimum absolute atomic E-state index is 0.0740. The standard InChI is InChI=1S/C15H21NO3/c1-11(2)10-18-7-8-19-13-5-3-12-4-6-15(17)16-14(12)9-13/h3,5,9,11H,4,6-8,10H2,1-2H3,(H,16,17). The molecule has 0 aromatic heterocycles. The van der Waals surface area contributed by atoms with Crippen molar-refractivity contribution in [3.8, 4) is 5.75 Å². The number of benzene rings is 1. The topological polar surface area (TPSA) is 47.6 Å². The number of ether oxygens (including phenoxy) is 2. The summed E-state index contributed by atoms with van der Waals surface area (Å²) in [7, 11) is 0. The van der Waals surface area contributed by atoms with Crippen molar-refractivity contribution in [2.24, 2.45) is 5.92 Å². The zero-order valence-corrected chi connectivity index (χ0v) is 11.6. The van der Waals surface area contributed by atoms with E-state index in [1.54, 1.807) is 0 Å². The number of nitrogens with one attached hydrogen (secondary N) is 1. The van der Waals surface area contributed by atoms with E-state index in [1.165, 1.54) is 5.56 Å². The highest BCUT2D eigenvalue weighted by molar-refractivity contribution is 5.94. The minimum atomic E-state index is 0.0740. The first-order chi connectivity index (χ1) is 9.15. The van der Waals surface area contributed by atoms with Crippen LogP contribution in [-0.2, 0) is 16.0 Å². The number of aryl methyl sites for hydroxylation is 1. The van der Waals surface area contributed by atoms with Gasteiger partial charge in [-0.2, -0.15) is 0 Å². The minimum Gasteiger partial charge on any atom is -0.491 e. The van der Waals surface area contributed by atoms with E-state index in [4.69, 9.17) is 9.47 Å². The lowest BCUT2D eigenvalue weighted by atomic mass is 10.0. The molecule has 1 aromatic rings. The maximum Gasteiger partial charge on any atom is 0.224 e. The highest BCUT2D eigenvalue weighted by Gasteiger charge is 2.14. The van der Waals surface area contributed by atoms with Gasteiger partial charge in [-0.1, -0.05) is 19.9 Å². The van der Waals surface area contributed by atoms with Crippen LogP contribution in [0.2, 0.25) is 0 Å². The lowest BCUT2D eigenvalue weighted by molar-refractivity contribution is -0.116. The van der Waals surface area contributed by atoms with Crippen molar-refractivity contribution >= 4 is 11.6 Å². The van der Waals surface area contributed by atoms with Gasteiger partial charge in [0.15, 0.2) is 0 Å². The molecule has 0 fully saturated rings. The van der Waals surface area contributed by atoms with Crippen LogP contribution < -0.4 is 10.1 Å².